The Morgan fingerprint density at radius 3 is 2.12 bits per heavy atom. The number of carboxylic acid groups (broad SMARTS) is 1. The Morgan fingerprint density at radius 2 is 1.54 bits per heavy atom. The summed E-state index contributed by atoms with van der Waals surface area (Å²) in [4.78, 5) is 39.6. The number of hydrogen-bond donors (Lipinski definition) is 2. The first-order chi connectivity index (χ1) is 27.1. The molecule has 2 spiro atoms. The predicted octanol–water partition coefficient (Wildman–Crippen LogP) is 3.06. The summed E-state index contributed by atoms with van der Waals surface area (Å²) in [7, 11) is 0. The number of aliphatic hydroxyl groups is 2. The van der Waals surface area contributed by atoms with Crippen LogP contribution in [0.1, 0.15) is 147 Å². The zero-order chi connectivity index (χ0) is 43.1. The van der Waals surface area contributed by atoms with Crippen LogP contribution in [0.15, 0.2) is 12.2 Å². The maximum atomic E-state index is 14.6. The average molecular weight is 843 g/mol. The fraction of sp³-hybridized carbons (Fsp3) is 0.891. The summed E-state index contributed by atoms with van der Waals surface area (Å²) in [5.41, 5.74) is -1.72. The number of carbonyl (C=O) groups excluding carboxylic acids is 3. The largest absolute Gasteiger partial charge is 1.00 e. The molecule has 0 aromatic carbocycles. The van der Waals surface area contributed by atoms with Crippen molar-refractivity contribution in [2.24, 2.45) is 47.3 Å². The van der Waals surface area contributed by atoms with Crippen LogP contribution in [0.3, 0.4) is 0 Å². The first-order valence-electron chi connectivity index (χ1n) is 22.5. The number of carbonyl (C=O) groups is 3. The van der Waals surface area contributed by atoms with Crippen molar-refractivity contribution in [3.05, 3.63) is 12.2 Å². The van der Waals surface area contributed by atoms with Crippen molar-refractivity contribution in [2.45, 2.75) is 213 Å². The molecule has 0 aliphatic carbocycles. The molecule has 13 heteroatoms. The maximum absolute atomic E-state index is 14.6. The van der Waals surface area contributed by atoms with Crippen molar-refractivity contribution < 1.29 is 87.7 Å². The molecular weight excluding hydrogens is 767 g/mol. The Hall–Kier alpha value is -0.930. The van der Waals surface area contributed by atoms with E-state index < -0.39 is 89.0 Å². The van der Waals surface area contributed by atoms with E-state index in [9.17, 15) is 29.7 Å². The van der Waals surface area contributed by atoms with E-state index in [2.05, 4.69) is 13.8 Å². The molecular formula is C46H75NaO12. The molecule has 59 heavy (non-hydrogen) atoms. The van der Waals surface area contributed by atoms with Gasteiger partial charge in [-0.25, -0.2) is 0 Å². The van der Waals surface area contributed by atoms with Gasteiger partial charge in [0.2, 0.25) is 5.79 Å². The molecule has 4 saturated heterocycles. The molecule has 332 valence electrons. The zero-order valence-corrected chi connectivity index (χ0v) is 40.4. The summed E-state index contributed by atoms with van der Waals surface area (Å²) in [5, 5.41) is 34.8. The van der Waals surface area contributed by atoms with E-state index in [4.69, 9.17) is 28.4 Å². The van der Waals surface area contributed by atoms with Gasteiger partial charge in [0.05, 0.1) is 53.7 Å². The Kier molecular flexibility index (Phi) is 17.1. The molecule has 18 atom stereocenters. The van der Waals surface area contributed by atoms with Gasteiger partial charge >= 0.3 is 35.5 Å². The van der Waals surface area contributed by atoms with Crippen molar-refractivity contribution in [1.82, 2.24) is 0 Å². The van der Waals surface area contributed by atoms with Crippen molar-refractivity contribution in [1.29, 1.82) is 0 Å². The van der Waals surface area contributed by atoms with Gasteiger partial charge < -0.3 is 48.5 Å². The normalized spacial score (nSPS) is 42.5. The van der Waals surface area contributed by atoms with Gasteiger partial charge in [-0.15, -0.1) is 0 Å². The van der Waals surface area contributed by atoms with Crippen molar-refractivity contribution in [3.8, 4) is 0 Å². The summed E-state index contributed by atoms with van der Waals surface area (Å²) in [6.07, 6.45) is 5.21. The van der Waals surface area contributed by atoms with E-state index in [1.165, 1.54) is 0 Å². The molecule has 5 heterocycles. The number of esters is 1. The van der Waals surface area contributed by atoms with Crippen LogP contribution in [0.2, 0.25) is 0 Å². The second-order valence-electron chi connectivity index (χ2n) is 19.5. The van der Waals surface area contributed by atoms with Gasteiger partial charge in [0.1, 0.15) is 5.78 Å². The molecule has 5 aliphatic heterocycles. The summed E-state index contributed by atoms with van der Waals surface area (Å²) in [5.74, 6) is -7.27. The molecule has 5 rings (SSSR count). The van der Waals surface area contributed by atoms with Gasteiger partial charge in [-0.1, -0.05) is 69.2 Å². The molecule has 0 aromatic rings. The van der Waals surface area contributed by atoms with Crippen LogP contribution >= 0.6 is 0 Å². The van der Waals surface area contributed by atoms with Crippen LogP contribution in [0, 0.1) is 47.3 Å². The number of ketones is 1. The van der Waals surface area contributed by atoms with Crippen molar-refractivity contribution in [3.63, 3.8) is 0 Å². The Bertz CT molecular complexity index is 1490. The molecule has 0 radical (unpaired) electrons. The second kappa shape index (κ2) is 19.9. The van der Waals surface area contributed by atoms with E-state index in [0.29, 0.717) is 57.8 Å². The topological polar surface area (TPSA) is 170 Å². The molecule has 0 bridgehead atoms. The van der Waals surface area contributed by atoms with Crippen molar-refractivity contribution in [2.75, 3.05) is 0 Å². The fourth-order valence-electron chi connectivity index (χ4n) is 10.9. The van der Waals surface area contributed by atoms with Gasteiger partial charge in [0.25, 0.3) is 0 Å². The smallest absolute Gasteiger partial charge is 0.550 e. The summed E-state index contributed by atoms with van der Waals surface area (Å²) in [6.45, 7) is 23.1. The summed E-state index contributed by atoms with van der Waals surface area (Å²) in [6, 6.07) is 0. The first-order valence-corrected chi connectivity index (χ1v) is 22.5. The van der Waals surface area contributed by atoms with Crippen LogP contribution in [-0.4, -0.2) is 93.4 Å². The maximum Gasteiger partial charge on any atom is 1.00 e. The second-order valence-corrected chi connectivity index (χ2v) is 19.5. The Morgan fingerprint density at radius 1 is 0.881 bits per heavy atom. The van der Waals surface area contributed by atoms with E-state index in [1.54, 1.807) is 20.8 Å². The minimum Gasteiger partial charge on any atom is -0.550 e. The molecule has 0 saturated carbocycles. The predicted molar refractivity (Wildman–Crippen MR) is 215 cm³/mol. The minimum atomic E-state index is -1.40. The van der Waals surface area contributed by atoms with Crippen LogP contribution in [0.4, 0.5) is 0 Å². The van der Waals surface area contributed by atoms with Gasteiger partial charge in [-0.2, -0.15) is 0 Å². The molecule has 0 amide bonds. The number of hydrogen-bond acceptors (Lipinski definition) is 12. The number of rotatable bonds is 14. The first kappa shape index (κ1) is 50.7. The SMILES string of the molecule is CC[C@@H](C(=O)[C@@H](C)[C@@H](O)[C@H](C)[C@@H]1O[C@@H]([C@@H](CC)C(=O)[O-])CC[C@@H]1C)[C@H]1O[C@]2(C=C[C@@H](OC(=O)C(C)C)[C@]3(CC[C@@](C)([C@H]4CC[C@](O)(CC)[C@H](C)O4)O3)O2)[C@H](C)C[C@@H]1C.[Na+]. The number of carboxylic acids is 1. The van der Waals surface area contributed by atoms with Crippen molar-refractivity contribution >= 4 is 17.7 Å². The average Bonchev–Trinajstić information content (AvgIpc) is 3.52. The zero-order valence-electron chi connectivity index (χ0n) is 38.4. The van der Waals surface area contributed by atoms with Crippen LogP contribution in [-0.2, 0) is 42.8 Å². The third-order valence-corrected chi connectivity index (χ3v) is 15.1. The third-order valence-electron chi connectivity index (χ3n) is 15.1. The molecule has 0 aromatic heterocycles. The van der Waals surface area contributed by atoms with E-state index in [1.807, 2.05) is 60.6 Å². The molecule has 4 fully saturated rings. The number of aliphatic hydroxyl groups excluding tert-OH is 1. The standard InChI is InChI=1S/C46H76O12.Na/c1-13-32(41(49)50)34-17-16-26(6)39(54-34)30(10)37(47)29(9)38(48)33(14-2)40-27(7)24-28(8)45(56-40)21-19-36(55-42(51)25(4)5)46(58-45)23-22-43(12,57-46)35-18-20-44(52,15-3)31(11)53-35;/h19,21,25-37,39-40,47,52H,13-18,20,22-24H2,1-12H3,(H,49,50);/q;+1/p-1/t26-,27-,28+,29-,30-,31-,32+,33-,34+,35+,36+,37+,39+,40-,43-,44+,45-,46-;/m0./s1. The Balaban J connectivity index is 0.00000769. The molecule has 5 aliphatic rings. The molecule has 2 N–H and O–H groups in total. The van der Waals surface area contributed by atoms with Crippen LogP contribution in [0.25, 0.3) is 0 Å². The summed E-state index contributed by atoms with van der Waals surface area (Å²) >= 11 is 0. The van der Waals surface area contributed by atoms with Gasteiger partial charge in [0.15, 0.2) is 11.9 Å². The number of ether oxygens (including phenoxy) is 6. The summed E-state index contributed by atoms with van der Waals surface area (Å²) < 4.78 is 40.3. The van der Waals surface area contributed by atoms with E-state index in [0.717, 1.165) is 6.42 Å². The minimum absolute atomic E-state index is 0. The van der Waals surface area contributed by atoms with Gasteiger partial charge in [-0.05, 0) is 95.6 Å². The van der Waals surface area contributed by atoms with E-state index >= 15 is 0 Å². The van der Waals surface area contributed by atoms with Gasteiger partial charge in [-0.3, -0.25) is 9.59 Å². The third kappa shape index (κ3) is 10.1. The monoisotopic (exact) mass is 843 g/mol. The van der Waals surface area contributed by atoms with Crippen LogP contribution in [0.5, 0.6) is 0 Å². The van der Waals surface area contributed by atoms with E-state index in [-0.39, 0.29) is 71.1 Å². The quantitative estimate of drug-likeness (QED) is 0.149. The molecule has 0 unspecified atom stereocenters. The fourth-order valence-corrected chi connectivity index (χ4v) is 10.9. The molecule has 12 nitrogen and oxygen atoms in total. The van der Waals surface area contributed by atoms with Crippen LogP contribution < -0.4 is 34.7 Å². The number of Topliss-reactive ketones (excluding diaryl/α,β-unsaturated/α-hetero) is 1. The number of aliphatic carboxylic acids is 1. The van der Waals surface area contributed by atoms with Gasteiger partial charge in [0, 0.05) is 42.0 Å². The Labute approximate surface area is 375 Å².